The van der Waals surface area contributed by atoms with Gasteiger partial charge in [0.05, 0.1) is 0 Å². The Hall–Kier alpha value is -1.88. The number of fused-ring (bicyclic) bond motifs is 1. The minimum Gasteiger partial charge on any atom is -0.349 e. The van der Waals surface area contributed by atoms with Gasteiger partial charge in [0.25, 0.3) is 5.91 Å². The number of hydrogen-bond donors (Lipinski definition) is 1. The molecule has 0 bridgehead atoms. The Morgan fingerprint density at radius 3 is 2.90 bits per heavy atom. The van der Waals surface area contributed by atoms with Crippen molar-refractivity contribution in [3.63, 3.8) is 0 Å². The normalized spacial score (nSPS) is 16.4. The standard InChI is InChI=1S/C15H20N4O/c20-15(16-7-11-18-8-3-1-4-9-18)13-12-19-10-5-2-6-14(19)17-13/h2,5-6,10,12H,1,3-4,7-9,11H2,(H,16,20). The van der Waals surface area contributed by atoms with Crippen LogP contribution in [0, 0.1) is 0 Å². The first-order chi connectivity index (χ1) is 9.83. The molecule has 0 saturated carbocycles. The molecule has 0 aromatic carbocycles. The van der Waals surface area contributed by atoms with Crippen LogP contribution in [0.4, 0.5) is 0 Å². The molecule has 0 radical (unpaired) electrons. The summed E-state index contributed by atoms with van der Waals surface area (Å²) in [4.78, 5) is 18.8. The first-order valence-corrected chi connectivity index (χ1v) is 7.27. The largest absolute Gasteiger partial charge is 0.349 e. The fraction of sp³-hybridized carbons (Fsp3) is 0.467. The van der Waals surface area contributed by atoms with Gasteiger partial charge in [-0.25, -0.2) is 4.98 Å². The van der Waals surface area contributed by atoms with Crippen molar-refractivity contribution in [3.8, 4) is 0 Å². The molecule has 5 nitrogen and oxygen atoms in total. The van der Waals surface area contributed by atoms with Gasteiger partial charge in [-0.3, -0.25) is 4.79 Å². The van der Waals surface area contributed by atoms with Crippen LogP contribution >= 0.6 is 0 Å². The molecule has 1 fully saturated rings. The van der Waals surface area contributed by atoms with Crippen LogP contribution in [0.25, 0.3) is 5.65 Å². The van der Waals surface area contributed by atoms with E-state index in [0.29, 0.717) is 12.2 Å². The van der Waals surface area contributed by atoms with Gasteiger partial charge >= 0.3 is 0 Å². The monoisotopic (exact) mass is 272 g/mol. The average Bonchev–Trinajstić information content (AvgIpc) is 2.92. The summed E-state index contributed by atoms with van der Waals surface area (Å²) in [5, 5.41) is 2.95. The molecule has 20 heavy (non-hydrogen) atoms. The SMILES string of the molecule is O=C(NCCN1CCCCC1)c1cn2ccccc2n1. The lowest BCUT2D eigenvalue weighted by Gasteiger charge is -2.26. The van der Waals surface area contributed by atoms with Gasteiger partial charge in [0.2, 0.25) is 0 Å². The first kappa shape index (κ1) is 13.1. The molecule has 1 aliphatic heterocycles. The molecule has 1 amide bonds. The van der Waals surface area contributed by atoms with Crippen molar-refractivity contribution in [3.05, 3.63) is 36.3 Å². The zero-order valence-electron chi connectivity index (χ0n) is 11.6. The highest BCUT2D eigenvalue weighted by Gasteiger charge is 2.12. The van der Waals surface area contributed by atoms with E-state index in [4.69, 9.17) is 0 Å². The van der Waals surface area contributed by atoms with E-state index in [-0.39, 0.29) is 5.91 Å². The number of carbonyl (C=O) groups is 1. The number of imidazole rings is 1. The molecular weight excluding hydrogens is 252 g/mol. The molecule has 5 heteroatoms. The van der Waals surface area contributed by atoms with Crippen LogP contribution in [-0.4, -0.2) is 46.4 Å². The fourth-order valence-electron chi connectivity index (χ4n) is 2.65. The van der Waals surface area contributed by atoms with Gasteiger partial charge in [0, 0.05) is 25.5 Å². The van der Waals surface area contributed by atoms with Crippen molar-refractivity contribution in [1.82, 2.24) is 19.6 Å². The predicted molar refractivity (Wildman–Crippen MR) is 77.8 cm³/mol. The van der Waals surface area contributed by atoms with Crippen LogP contribution in [0.5, 0.6) is 0 Å². The molecule has 0 aliphatic carbocycles. The Bertz CT molecular complexity index is 553. The third kappa shape index (κ3) is 2.99. The van der Waals surface area contributed by atoms with Crippen LogP contribution in [0.2, 0.25) is 0 Å². The molecular formula is C15H20N4O. The third-order valence-electron chi connectivity index (χ3n) is 3.76. The summed E-state index contributed by atoms with van der Waals surface area (Å²) >= 11 is 0. The van der Waals surface area contributed by atoms with E-state index in [0.717, 1.165) is 25.3 Å². The topological polar surface area (TPSA) is 49.6 Å². The van der Waals surface area contributed by atoms with E-state index in [9.17, 15) is 4.79 Å². The molecule has 0 unspecified atom stereocenters. The van der Waals surface area contributed by atoms with Crippen molar-refractivity contribution in [2.24, 2.45) is 0 Å². The zero-order chi connectivity index (χ0) is 13.8. The van der Waals surface area contributed by atoms with Crippen molar-refractivity contribution >= 4 is 11.6 Å². The minimum absolute atomic E-state index is 0.0919. The van der Waals surface area contributed by atoms with Crippen molar-refractivity contribution in [2.75, 3.05) is 26.2 Å². The summed E-state index contributed by atoms with van der Waals surface area (Å²) in [6.07, 6.45) is 7.56. The molecule has 2 aromatic rings. The smallest absolute Gasteiger partial charge is 0.271 e. The zero-order valence-corrected chi connectivity index (χ0v) is 11.6. The third-order valence-corrected chi connectivity index (χ3v) is 3.76. The van der Waals surface area contributed by atoms with Crippen LogP contribution in [0.1, 0.15) is 29.8 Å². The number of piperidine rings is 1. The maximum atomic E-state index is 12.1. The van der Waals surface area contributed by atoms with E-state index in [2.05, 4.69) is 15.2 Å². The second kappa shape index (κ2) is 6.05. The summed E-state index contributed by atoms with van der Waals surface area (Å²) in [7, 11) is 0. The van der Waals surface area contributed by atoms with Gasteiger partial charge in [-0.2, -0.15) is 0 Å². The van der Waals surface area contributed by atoms with Crippen LogP contribution in [0.3, 0.4) is 0 Å². The molecule has 3 rings (SSSR count). The van der Waals surface area contributed by atoms with Gasteiger partial charge in [-0.05, 0) is 38.1 Å². The quantitative estimate of drug-likeness (QED) is 0.918. The van der Waals surface area contributed by atoms with Crippen LogP contribution in [-0.2, 0) is 0 Å². The van der Waals surface area contributed by atoms with Crippen molar-refractivity contribution in [2.45, 2.75) is 19.3 Å². The number of carbonyl (C=O) groups excluding carboxylic acids is 1. The van der Waals surface area contributed by atoms with E-state index in [1.807, 2.05) is 28.8 Å². The minimum atomic E-state index is -0.0919. The van der Waals surface area contributed by atoms with Crippen molar-refractivity contribution < 1.29 is 4.79 Å². The number of nitrogens with zero attached hydrogens (tertiary/aromatic N) is 3. The van der Waals surface area contributed by atoms with Crippen molar-refractivity contribution in [1.29, 1.82) is 0 Å². The molecule has 2 aromatic heterocycles. The number of aromatic nitrogens is 2. The Kier molecular flexibility index (Phi) is 3.97. The maximum absolute atomic E-state index is 12.1. The maximum Gasteiger partial charge on any atom is 0.271 e. The predicted octanol–water partition coefficient (Wildman–Crippen LogP) is 1.55. The summed E-state index contributed by atoms with van der Waals surface area (Å²) in [6.45, 7) is 3.93. The van der Waals surface area contributed by atoms with Gasteiger partial charge in [0.15, 0.2) is 0 Å². The second-order valence-corrected chi connectivity index (χ2v) is 5.25. The lowest BCUT2D eigenvalue weighted by Crippen LogP contribution is -2.37. The molecule has 1 N–H and O–H groups in total. The number of nitrogens with one attached hydrogen (secondary N) is 1. The lowest BCUT2D eigenvalue weighted by molar-refractivity contribution is 0.0942. The number of rotatable bonds is 4. The first-order valence-electron chi connectivity index (χ1n) is 7.27. The second-order valence-electron chi connectivity index (χ2n) is 5.25. The van der Waals surface area contributed by atoms with Crippen LogP contribution in [0.15, 0.2) is 30.6 Å². The van der Waals surface area contributed by atoms with Gasteiger partial charge in [-0.1, -0.05) is 12.5 Å². The summed E-state index contributed by atoms with van der Waals surface area (Å²) in [5.74, 6) is -0.0919. The molecule has 1 aliphatic rings. The van der Waals surface area contributed by atoms with Gasteiger partial charge in [-0.15, -0.1) is 0 Å². The number of pyridine rings is 1. The Balaban J connectivity index is 1.53. The lowest BCUT2D eigenvalue weighted by atomic mass is 10.1. The van der Waals surface area contributed by atoms with Gasteiger partial charge in [0.1, 0.15) is 11.3 Å². The van der Waals surface area contributed by atoms with Gasteiger partial charge < -0.3 is 14.6 Å². The van der Waals surface area contributed by atoms with E-state index in [1.54, 1.807) is 6.20 Å². The Morgan fingerprint density at radius 2 is 2.10 bits per heavy atom. The number of hydrogen-bond acceptors (Lipinski definition) is 3. The highest BCUT2D eigenvalue weighted by atomic mass is 16.1. The van der Waals surface area contributed by atoms with Crippen LogP contribution < -0.4 is 5.32 Å². The number of amides is 1. The van der Waals surface area contributed by atoms with E-state index >= 15 is 0 Å². The highest BCUT2D eigenvalue weighted by Crippen LogP contribution is 2.07. The van der Waals surface area contributed by atoms with E-state index < -0.39 is 0 Å². The van der Waals surface area contributed by atoms with E-state index in [1.165, 1.54) is 19.3 Å². The summed E-state index contributed by atoms with van der Waals surface area (Å²) in [6, 6.07) is 5.73. The average molecular weight is 272 g/mol. The Morgan fingerprint density at radius 1 is 1.25 bits per heavy atom. The molecule has 106 valence electrons. The summed E-state index contributed by atoms with van der Waals surface area (Å²) in [5.41, 5.74) is 1.28. The highest BCUT2D eigenvalue weighted by molar-refractivity contribution is 5.92. The Labute approximate surface area is 118 Å². The molecule has 1 saturated heterocycles. The number of likely N-dealkylation sites (tertiary alicyclic amines) is 1. The molecule has 0 spiro atoms. The summed E-state index contributed by atoms with van der Waals surface area (Å²) < 4.78 is 1.86. The fourth-order valence-corrected chi connectivity index (χ4v) is 2.65. The molecule has 0 atom stereocenters. The molecule has 3 heterocycles.